The summed E-state index contributed by atoms with van der Waals surface area (Å²) in [5.74, 6) is 1.56. The van der Waals surface area contributed by atoms with E-state index < -0.39 is 0 Å². The van der Waals surface area contributed by atoms with Gasteiger partial charge in [-0.2, -0.15) is 0 Å². The number of halogens is 1. The van der Waals surface area contributed by atoms with Gasteiger partial charge >= 0.3 is 0 Å². The molecule has 1 N–H and O–H groups in total. The maximum Gasteiger partial charge on any atom is 0.241 e. The first-order valence-corrected chi connectivity index (χ1v) is 10.1. The van der Waals surface area contributed by atoms with Gasteiger partial charge < -0.3 is 14.8 Å². The molecule has 1 saturated heterocycles. The van der Waals surface area contributed by atoms with Gasteiger partial charge in [-0.1, -0.05) is 23.7 Å². The van der Waals surface area contributed by atoms with E-state index in [1.807, 2.05) is 50.2 Å². The van der Waals surface area contributed by atoms with Gasteiger partial charge in [-0.15, -0.1) is 0 Å². The molecule has 1 heterocycles. The SMILES string of the molecule is CCOc1ccccc1OC1CCN(C(C)C(=O)Nc2ccc(Cl)cc2)CC1. The van der Waals surface area contributed by atoms with Crippen LogP contribution < -0.4 is 14.8 Å². The van der Waals surface area contributed by atoms with Gasteiger partial charge in [0.1, 0.15) is 6.10 Å². The zero-order valence-corrected chi connectivity index (χ0v) is 17.1. The van der Waals surface area contributed by atoms with Gasteiger partial charge in [0.25, 0.3) is 0 Å². The molecule has 1 unspecified atom stereocenters. The Bertz CT molecular complexity index is 774. The maximum absolute atomic E-state index is 12.6. The molecule has 0 saturated carbocycles. The van der Waals surface area contributed by atoms with E-state index in [2.05, 4.69) is 10.2 Å². The smallest absolute Gasteiger partial charge is 0.241 e. The molecule has 0 aliphatic carbocycles. The van der Waals surface area contributed by atoms with Crippen LogP contribution in [0, 0.1) is 0 Å². The van der Waals surface area contributed by atoms with Crippen LogP contribution in [0.2, 0.25) is 5.02 Å². The number of likely N-dealkylation sites (tertiary alicyclic amines) is 1. The normalized spacial score (nSPS) is 16.4. The van der Waals surface area contributed by atoms with Crippen molar-refractivity contribution in [1.82, 2.24) is 4.90 Å². The molecule has 0 aromatic heterocycles. The first kappa shape index (κ1) is 20.5. The Balaban J connectivity index is 1.50. The lowest BCUT2D eigenvalue weighted by molar-refractivity contribution is -0.121. The first-order valence-electron chi connectivity index (χ1n) is 9.75. The fraction of sp³-hybridized carbons (Fsp3) is 0.409. The van der Waals surface area contributed by atoms with Crippen molar-refractivity contribution >= 4 is 23.2 Å². The van der Waals surface area contributed by atoms with Crippen molar-refractivity contribution < 1.29 is 14.3 Å². The molecule has 28 heavy (non-hydrogen) atoms. The Morgan fingerprint density at radius 1 is 1.14 bits per heavy atom. The summed E-state index contributed by atoms with van der Waals surface area (Å²) in [6.07, 6.45) is 1.88. The van der Waals surface area contributed by atoms with Crippen molar-refractivity contribution in [1.29, 1.82) is 0 Å². The van der Waals surface area contributed by atoms with Crippen LogP contribution in [-0.2, 0) is 4.79 Å². The van der Waals surface area contributed by atoms with Gasteiger partial charge in [0.05, 0.1) is 12.6 Å². The van der Waals surface area contributed by atoms with Crippen LogP contribution in [0.4, 0.5) is 5.69 Å². The van der Waals surface area contributed by atoms with Crippen LogP contribution in [0.3, 0.4) is 0 Å². The molecule has 0 radical (unpaired) electrons. The van der Waals surface area contributed by atoms with Crippen molar-refractivity contribution in [2.75, 3.05) is 25.0 Å². The Morgan fingerprint density at radius 3 is 2.43 bits per heavy atom. The van der Waals surface area contributed by atoms with E-state index in [4.69, 9.17) is 21.1 Å². The number of hydrogen-bond acceptors (Lipinski definition) is 4. The van der Waals surface area contributed by atoms with Crippen LogP contribution in [-0.4, -0.2) is 42.6 Å². The molecule has 0 bridgehead atoms. The summed E-state index contributed by atoms with van der Waals surface area (Å²) in [6, 6.07) is 14.7. The summed E-state index contributed by atoms with van der Waals surface area (Å²) in [7, 11) is 0. The van der Waals surface area contributed by atoms with Crippen LogP contribution in [0.25, 0.3) is 0 Å². The molecule has 1 fully saturated rings. The molecule has 0 spiro atoms. The van der Waals surface area contributed by atoms with E-state index >= 15 is 0 Å². The minimum atomic E-state index is -0.202. The zero-order valence-electron chi connectivity index (χ0n) is 16.4. The predicted molar refractivity (Wildman–Crippen MR) is 112 cm³/mol. The Morgan fingerprint density at radius 2 is 1.79 bits per heavy atom. The molecule has 5 nitrogen and oxygen atoms in total. The summed E-state index contributed by atoms with van der Waals surface area (Å²) in [5.41, 5.74) is 0.756. The largest absolute Gasteiger partial charge is 0.490 e. The number of piperidine rings is 1. The first-order chi connectivity index (χ1) is 13.6. The number of carbonyl (C=O) groups excluding carboxylic acids is 1. The molecule has 150 valence electrons. The van der Waals surface area contributed by atoms with E-state index in [9.17, 15) is 4.79 Å². The van der Waals surface area contributed by atoms with E-state index in [1.165, 1.54) is 0 Å². The average Bonchev–Trinajstić information content (AvgIpc) is 2.71. The Kier molecular flexibility index (Phi) is 7.18. The highest BCUT2D eigenvalue weighted by atomic mass is 35.5. The van der Waals surface area contributed by atoms with Gasteiger partial charge in [-0.05, 0) is 63.1 Å². The lowest BCUT2D eigenvalue weighted by Crippen LogP contribution is -2.47. The number of benzene rings is 2. The third-order valence-electron chi connectivity index (χ3n) is 4.96. The summed E-state index contributed by atoms with van der Waals surface area (Å²) in [6.45, 7) is 6.15. The summed E-state index contributed by atoms with van der Waals surface area (Å²) < 4.78 is 11.8. The highest BCUT2D eigenvalue weighted by Crippen LogP contribution is 2.29. The quantitative estimate of drug-likeness (QED) is 0.734. The topological polar surface area (TPSA) is 50.8 Å². The van der Waals surface area contributed by atoms with Gasteiger partial charge in [-0.3, -0.25) is 9.69 Å². The second-order valence-corrected chi connectivity index (χ2v) is 7.34. The fourth-order valence-electron chi connectivity index (χ4n) is 3.33. The highest BCUT2D eigenvalue weighted by molar-refractivity contribution is 6.30. The van der Waals surface area contributed by atoms with Crippen LogP contribution in [0.5, 0.6) is 11.5 Å². The number of nitrogens with one attached hydrogen (secondary N) is 1. The monoisotopic (exact) mass is 402 g/mol. The highest BCUT2D eigenvalue weighted by Gasteiger charge is 2.28. The molecule has 1 aliphatic rings. The zero-order chi connectivity index (χ0) is 19.9. The predicted octanol–water partition coefficient (Wildman–Crippen LogP) is 4.61. The number of amides is 1. The Labute approximate surface area is 171 Å². The molecule has 1 aliphatic heterocycles. The van der Waals surface area contributed by atoms with Crippen molar-refractivity contribution in [3.63, 3.8) is 0 Å². The van der Waals surface area contributed by atoms with Crippen LogP contribution >= 0.6 is 11.6 Å². The molecule has 2 aromatic rings. The van der Waals surface area contributed by atoms with Gasteiger partial charge in [0.2, 0.25) is 5.91 Å². The second-order valence-electron chi connectivity index (χ2n) is 6.91. The number of carbonyl (C=O) groups is 1. The van der Waals surface area contributed by atoms with E-state index in [0.29, 0.717) is 11.6 Å². The van der Waals surface area contributed by atoms with Gasteiger partial charge in [-0.25, -0.2) is 0 Å². The minimum Gasteiger partial charge on any atom is -0.490 e. The van der Waals surface area contributed by atoms with Crippen LogP contribution in [0.15, 0.2) is 48.5 Å². The van der Waals surface area contributed by atoms with E-state index in [1.54, 1.807) is 12.1 Å². The molecule has 3 rings (SSSR count). The number of rotatable bonds is 7. The van der Waals surface area contributed by atoms with E-state index in [-0.39, 0.29) is 18.1 Å². The summed E-state index contributed by atoms with van der Waals surface area (Å²) in [5, 5.41) is 3.60. The molecule has 1 atom stereocenters. The van der Waals surface area contributed by atoms with Crippen molar-refractivity contribution in [3.8, 4) is 11.5 Å². The molecule has 1 amide bonds. The number of anilines is 1. The third-order valence-corrected chi connectivity index (χ3v) is 5.21. The van der Waals surface area contributed by atoms with Crippen molar-refractivity contribution in [3.05, 3.63) is 53.6 Å². The fourth-order valence-corrected chi connectivity index (χ4v) is 3.45. The molecular formula is C22H27ClN2O3. The number of para-hydroxylation sites is 2. The van der Waals surface area contributed by atoms with Gasteiger partial charge in [0.15, 0.2) is 11.5 Å². The minimum absolute atomic E-state index is 0.0108. The van der Waals surface area contributed by atoms with Crippen molar-refractivity contribution in [2.45, 2.75) is 38.8 Å². The number of ether oxygens (including phenoxy) is 2. The van der Waals surface area contributed by atoms with Crippen molar-refractivity contribution in [2.24, 2.45) is 0 Å². The Hall–Kier alpha value is -2.24. The number of hydrogen-bond donors (Lipinski definition) is 1. The standard InChI is InChI=1S/C22H27ClN2O3/c1-3-27-20-6-4-5-7-21(20)28-19-12-14-25(15-13-19)16(2)22(26)24-18-10-8-17(23)9-11-18/h4-11,16,19H,3,12-15H2,1-2H3,(H,24,26). The summed E-state index contributed by atoms with van der Waals surface area (Å²) >= 11 is 5.89. The summed E-state index contributed by atoms with van der Waals surface area (Å²) in [4.78, 5) is 14.7. The lowest BCUT2D eigenvalue weighted by atomic mass is 10.1. The maximum atomic E-state index is 12.6. The second kappa shape index (κ2) is 9.80. The lowest BCUT2D eigenvalue weighted by Gasteiger charge is -2.35. The molecular weight excluding hydrogens is 376 g/mol. The molecule has 6 heteroatoms. The van der Waals surface area contributed by atoms with Crippen LogP contribution in [0.1, 0.15) is 26.7 Å². The molecule has 2 aromatic carbocycles. The third kappa shape index (κ3) is 5.40. The van der Waals surface area contributed by atoms with E-state index in [0.717, 1.165) is 43.1 Å². The average molecular weight is 403 g/mol. The number of nitrogens with zero attached hydrogens (tertiary/aromatic N) is 1. The van der Waals surface area contributed by atoms with Gasteiger partial charge in [0, 0.05) is 23.8 Å².